The summed E-state index contributed by atoms with van der Waals surface area (Å²) in [5, 5.41) is 18.1. The third kappa shape index (κ3) is 3.05. The molecule has 112 valence electrons. The first-order valence-electron chi connectivity index (χ1n) is 6.21. The third-order valence-electron chi connectivity index (χ3n) is 3.29. The maximum absolute atomic E-state index is 12.6. The Balaban J connectivity index is 2.43. The van der Waals surface area contributed by atoms with E-state index in [-0.39, 0.29) is 17.2 Å². The Morgan fingerprint density at radius 3 is 2.81 bits per heavy atom. The van der Waals surface area contributed by atoms with E-state index in [0.717, 1.165) is 4.31 Å². The fourth-order valence-corrected chi connectivity index (χ4v) is 5.04. The van der Waals surface area contributed by atoms with Gasteiger partial charge >= 0.3 is 5.97 Å². The van der Waals surface area contributed by atoms with Crippen LogP contribution in [-0.2, 0) is 14.8 Å². The number of carboxylic acids is 1. The molecule has 1 saturated heterocycles. The van der Waals surface area contributed by atoms with Crippen molar-refractivity contribution in [2.75, 3.05) is 18.1 Å². The summed E-state index contributed by atoms with van der Waals surface area (Å²) in [5.74, 6) is -0.335. The summed E-state index contributed by atoms with van der Waals surface area (Å²) < 4.78 is 26.3. The van der Waals surface area contributed by atoms with Crippen molar-refractivity contribution in [3.63, 3.8) is 0 Å². The van der Waals surface area contributed by atoms with Crippen LogP contribution in [-0.4, -0.2) is 47.9 Å². The Morgan fingerprint density at radius 1 is 1.52 bits per heavy atom. The molecule has 0 spiro atoms. The Kier molecular flexibility index (Phi) is 4.56. The van der Waals surface area contributed by atoms with E-state index in [1.165, 1.54) is 30.0 Å². The molecule has 0 aromatic heterocycles. The first-order valence-corrected chi connectivity index (χ1v) is 8.80. The first kappa shape index (κ1) is 15.8. The van der Waals surface area contributed by atoms with Crippen LogP contribution in [0.15, 0.2) is 23.1 Å². The number of carboxylic acid groups (broad SMARTS) is 1. The van der Waals surface area contributed by atoms with Gasteiger partial charge in [-0.25, -0.2) is 8.42 Å². The van der Waals surface area contributed by atoms with Crippen molar-refractivity contribution in [1.29, 1.82) is 5.26 Å². The summed E-state index contributed by atoms with van der Waals surface area (Å²) in [6, 6.07) is 5.12. The molecule has 0 aliphatic carbocycles. The second-order valence-electron chi connectivity index (χ2n) is 4.63. The quantitative estimate of drug-likeness (QED) is 0.891. The van der Waals surface area contributed by atoms with Crippen molar-refractivity contribution in [3.05, 3.63) is 29.3 Å². The van der Waals surface area contributed by atoms with Gasteiger partial charge in [-0.05, 0) is 30.7 Å². The lowest BCUT2D eigenvalue weighted by molar-refractivity contribution is -0.140. The van der Waals surface area contributed by atoms with E-state index in [1.807, 2.05) is 6.07 Å². The predicted molar refractivity (Wildman–Crippen MR) is 78.5 cm³/mol. The van der Waals surface area contributed by atoms with Crippen LogP contribution in [0.4, 0.5) is 0 Å². The molecule has 1 fully saturated rings. The minimum absolute atomic E-state index is 0.0251. The summed E-state index contributed by atoms with van der Waals surface area (Å²) in [4.78, 5) is 11.3. The van der Waals surface area contributed by atoms with Gasteiger partial charge in [0.05, 0.1) is 16.5 Å². The lowest BCUT2D eigenvalue weighted by Gasteiger charge is -2.31. The molecule has 6 nitrogen and oxygen atoms in total. The molecule has 1 aromatic carbocycles. The van der Waals surface area contributed by atoms with Gasteiger partial charge in [0.15, 0.2) is 0 Å². The average molecular weight is 326 g/mol. The van der Waals surface area contributed by atoms with Gasteiger partial charge in [0.25, 0.3) is 0 Å². The highest BCUT2D eigenvalue weighted by Crippen LogP contribution is 2.26. The highest BCUT2D eigenvalue weighted by atomic mass is 32.2. The van der Waals surface area contributed by atoms with Gasteiger partial charge in [0, 0.05) is 18.1 Å². The second kappa shape index (κ2) is 6.05. The summed E-state index contributed by atoms with van der Waals surface area (Å²) >= 11 is 1.43. The molecule has 1 aliphatic heterocycles. The maximum atomic E-state index is 12.6. The molecular formula is C13H14N2O4S2. The Morgan fingerprint density at radius 2 is 2.24 bits per heavy atom. The molecule has 21 heavy (non-hydrogen) atoms. The zero-order valence-electron chi connectivity index (χ0n) is 11.3. The summed E-state index contributed by atoms with van der Waals surface area (Å²) in [6.45, 7) is 1.82. The number of aryl methyl sites for hydroxylation is 1. The fourth-order valence-electron chi connectivity index (χ4n) is 2.13. The highest BCUT2D eigenvalue weighted by molar-refractivity contribution is 7.99. The van der Waals surface area contributed by atoms with Crippen LogP contribution >= 0.6 is 11.8 Å². The number of aliphatic carboxylic acids is 1. The molecule has 2 rings (SSSR count). The highest BCUT2D eigenvalue weighted by Gasteiger charge is 2.38. The number of nitriles is 1. The van der Waals surface area contributed by atoms with Crippen LogP contribution in [0.5, 0.6) is 0 Å². The molecule has 0 amide bonds. The number of carbonyl (C=O) groups is 1. The molecule has 1 heterocycles. The lowest BCUT2D eigenvalue weighted by atomic mass is 10.1. The van der Waals surface area contributed by atoms with Gasteiger partial charge in [-0.3, -0.25) is 4.79 Å². The van der Waals surface area contributed by atoms with Crippen LogP contribution in [0.2, 0.25) is 0 Å². The zero-order chi connectivity index (χ0) is 15.6. The minimum Gasteiger partial charge on any atom is -0.480 e. The van der Waals surface area contributed by atoms with E-state index in [0.29, 0.717) is 16.9 Å². The van der Waals surface area contributed by atoms with Gasteiger partial charge in [0.1, 0.15) is 6.04 Å². The minimum atomic E-state index is -3.87. The van der Waals surface area contributed by atoms with Crippen LogP contribution in [0.3, 0.4) is 0 Å². The molecular weight excluding hydrogens is 312 g/mol. The standard InChI is InChI=1S/C13H14N2O4S2/c1-9-6-11(3-2-10(9)7-14)21(18,19)15-4-5-20-8-12(15)13(16)17/h2-3,6,12H,4-5,8H2,1H3,(H,16,17). The molecule has 1 unspecified atom stereocenters. The van der Waals surface area contributed by atoms with Gasteiger partial charge < -0.3 is 5.11 Å². The number of nitrogens with zero attached hydrogens (tertiary/aromatic N) is 2. The average Bonchev–Trinajstić information content (AvgIpc) is 2.47. The lowest BCUT2D eigenvalue weighted by Crippen LogP contribution is -2.50. The van der Waals surface area contributed by atoms with Crippen LogP contribution in [0.25, 0.3) is 0 Å². The first-order chi connectivity index (χ1) is 9.87. The fraction of sp³-hybridized carbons (Fsp3) is 0.385. The SMILES string of the molecule is Cc1cc(S(=O)(=O)N2CCSCC2C(=O)O)ccc1C#N. The van der Waals surface area contributed by atoms with E-state index in [9.17, 15) is 18.3 Å². The number of rotatable bonds is 3. The van der Waals surface area contributed by atoms with Crippen molar-refractivity contribution < 1.29 is 18.3 Å². The molecule has 8 heteroatoms. The molecule has 1 atom stereocenters. The molecule has 0 radical (unpaired) electrons. The van der Waals surface area contributed by atoms with Crippen LogP contribution < -0.4 is 0 Å². The zero-order valence-corrected chi connectivity index (χ0v) is 12.9. The van der Waals surface area contributed by atoms with E-state index in [1.54, 1.807) is 6.92 Å². The Bertz CT molecular complexity index is 709. The van der Waals surface area contributed by atoms with Crippen molar-refractivity contribution in [3.8, 4) is 6.07 Å². The number of hydrogen-bond donors (Lipinski definition) is 1. The Hall–Kier alpha value is -1.56. The van der Waals surface area contributed by atoms with Crippen molar-refractivity contribution >= 4 is 27.8 Å². The number of benzene rings is 1. The van der Waals surface area contributed by atoms with Gasteiger partial charge in [-0.1, -0.05) is 0 Å². The van der Waals surface area contributed by atoms with Crippen molar-refractivity contribution in [1.82, 2.24) is 4.31 Å². The van der Waals surface area contributed by atoms with Crippen molar-refractivity contribution in [2.45, 2.75) is 17.9 Å². The normalized spacial score (nSPS) is 19.9. The van der Waals surface area contributed by atoms with Gasteiger partial charge in [-0.15, -0.1) is 0 Å². The summed E-state index contributed by atoms with van der Waals surface area (Å²) in [6.07, 6.45) is 0. The van der Waals surface area contributed by atoms with E-state index < -0.39 is 22.0 Å². The maximum Gasteiger partial charge on any atom is 0.322 e. The van der Waals surface area contributed by atoms with Crippen LogP contribution in [0.1, 0.15) is 11.1 Å². The summed E-state index contributed by atoms with van der Waals surface area (Å²) in [7, 11) is -3.87. The largest absolute Gasteiger partial charge is 0.480 e. The number of hydrogen-bond acceptors (Lipinski definition) is 5. The van der Waals surface area contributed by atoms with Gasteiger partial charge in [0.2, 0.25) is 10.0 Å². The molecule has 0 saturated carbocycles. The van der Waals surface area contributed by atoms with E-state index >= 15 is 0 Å². The molecule has 1 N–H and O–H groups in total. The predicted octanol–water partition coefficient (Wildman–Crippen LogP) is 1.06. The number of sulfonamides is 1. The monoisotopic (exact) mass is 326 g/mol. The van der Waals surface area contributed by atoms with Crippen LogP contribution in [0, 0.1) is 18.3 Å². The molecule has 0 bridgehead atoms. The Labute approximate surface area is 127 Å². The molecule has 1 aliphatic rings. The number of thioether (sulfide) groups is 1. The van der Waals surface area contributed by atoms with Crippen molar-refractivity contribution in [2.24, 2.45) is 0 Å². The third-order valence-corrected chi connectivity index (χ3v) is 6.22. The topological polar surface area (TPSA) is 98.5 Å². The van der Waals surface area contributed by atoms with E-state index in [2.05, 4.69) is 0 Å². The van der Waals surface area contributed by atoms with Gasteiger partial charge in [-0.2, -0.15) is 21.3 Å². The smallest absolute Gasteiger partial charge is 0.322 e. The second-order valence-corrected chi connectivity index (χ2v) is 7.67. The molecule has 1 aromatic rings. The van der Waals surface area contributed by atoms with E-state index in [4.69, 9.17) is 5.26 Å². The summed E-state index contributed by atoms with van der Waals surface area (Å²) in [5.41, 5.74) is 0.953.